The molecule has 1 heterocycles. The number of amides is 1. The van der Waals surface area contributed by atoms with E-state index in [9.17, 15) is 4.79 Å². The number of rotatable bonds is 4. The number of benzene rings is 2. The minimum atomic E-state index is -0.0307. The molecule has 2 aromatic rings. The summed E-state index contributed by atoms with van der Waals surface area (Å²) in [5.41, 5.74) is 2.87. The second-order valence-electron chi connectivity index (χ2n) is 6.22. The van der Waals surface area contributed by atoms with Crippen LogP contribution in [0.4, 0.5) is 5.69 Å². The summed E-state index contributed by atoms with van der Waals surface area (Å²) >= 11 is 6.11. The van der Waals surface area contributed by atoms with E-state index in [2.05, 4.69) is 17.9 Å². The first kappa shape index (κ1) is 18.1. The molecule has 2 aromatic carbocycles. The summed E-state index contributed by atoms with van der Waals surface area (Å²) in [5.74, 6) is 0.558. The third-order valence-electron chi connectivity index (χ3n) is 4.49. The van der Waals surface area contributed by atoms with Crippen molar-refractivity contribution in [1.82, 2.24) is 4.90 Å². The highest BCUT2D eigenvalue weighted by molar-refractivity contribution is 6.30. The van der Waals surface area contributed by atoms with Crippen molar-refractivity contribution < 1.29 is 9.53 Å². The fourth-order valence-electron chi connectivity index (χ4n) is 2.98. The first-order valence-electron chi connectivity index (χ1n) is 8.48. The molecule has 0 N–H and O–H groups in total. The largest absolute Gasteiger partial charge is 0.484 e. The minimum absolute atomic E-state index is 0.00208. The van der Waals surface area contributed by atoms with E-state index in [1.54, 1.807) is 24.3 Å². The predicted octanol–water partition coefficient (Wildman–Crippen LogP) is 3.25. The Balaban J connectivity index is 1.51. The summed E-state index contributed by atoms with van der Waals surface area (Å²) in [7, 11) is 0. The molecular formula is C20H20ClN3O2. The number of nitriles is 1. The molecule has 1 aliphatic heterocycles. The summed E-state index contributed by atoms with van der Waals surface area (Å²) in [6, 6.07) is 14.7. The Morgan fingerprint density at radius 1 is 1.15 bits per heavy atom. The van der Waals surface area contributed by atoms with Crippen molar-refractivity contribution in [3.05, 3.63) is 58.6 Å². The molecule has 5 nitrogen and oxygen atoms in total. The highest BCUT2D eigenvalue weighted by atomic mass is 35.5. The van der Waals surface area contributed by atoms with E-state index in [0.29, 0.717) is 24.4 Å². The molecule has 0 aromatic heterocycles. The summed E-state index contributed by atoms with van der Waals surface area (Å²) in [4.78, 5) is 16.4. The molecule has 0 spiro atoms. The smallest absolute Gasteiger partial charge is 0.260 e. The van der Waals surface area contributed by atoms with Gasteiger partial charge in [-0.25, -0.2) is 0 Å². The normalized spacial score (nSPS) is 14.0. The maximum atomic E-state index is 12.4. The van der Waals surface area contributed by atoms with Gasteiger partial charge in [0.15, 0.2) is 6.61 Å². The molecule has 0 aliphatic carbocycles. The summed E-state index contributed by atoms with van der Waals surface area (Å²) < 4.78 is 5.54. The van der Waals surface area contributed by atoms with E-state index in [4.69, 9.17) is 21.6 Å². The Kier molecular flexibility index (Phi) is 5.65. The summed E-state index contributed by atoms with van der Waals surface area (Å²) in [6.45, 7) is 4.91. The van der Waals surface area contributed by atoms with Crippen molar-refractivity contribution in [3.8, 4) is 11.8 Å². The Morgan fingerprint density at radius 3 is 2.50 bits per heavy atom. The van der Waals surface area contributed by atoms with Crippen LogP contribution >= 0.6 is 11.6 Å². The average Bonchev–Trinajstić information content (AvgIpc) is 2.68. The second-order valence-corrected chi connectivity index (χ2v) is 6.66. The predicted molar refractivity (Wildman–Crippen MR) is 102 cm³/mol. The topological polar surface area (TPSA) is 56.6 Å². The van der Waals surface area contributed by atoms with Gasteiger partial charge in [-0.1, -0.05) is 17.7 Å². The van der Waals surface area contributed by atoms with Gasteiger partial charge >= 0.3 is 0 Å². The molecule has 3 rings (SSSR count). The molecule has 0 radical (unpaired) electrons. The third kappa shape index (κ3) is 4.27. The highest BCUT2D eigenvalue weighted by Gasteiger charge is 2.22. The molecule has 1 aliphatic rings. The highest BCUT2D eigenvalue weighted by Crippen LogP contribution is 2.25. The van der Waals surface area contributed by atoms with Crippen LogP contribution in [0.2, 0.25) is 5.02 Å². The standard InChI is InChI=1S/C20H20ClN3O2/c1-15-2-5-17(21)12-19(15)23-8-10-24(11-9-23)20(25)14-26-18-6-3-16(13-22)4-7-18/h2-7,12H,8-11,14H2,1H3. The van der Waals surface area contributed by atoms with Gasteiger partial charge in [-0.2, -0.15) is 5.26 Å². The zero-order valence-electron chi connectivity index (χ0n) is 14.6. The van der Waals surface area contributed by atoms with E-state index < -0.39 is 0 Å². The van der Waals surface area contributed by atoms with Crippen LogP contribution in [-0.4, -0.2) is 43.6 Å². The van der Waals surface area contributed by atoms with Crippen LogP contribution in [0.15, 0.2) is 42.5 Å². The van der Waals surface area contributed by atoms with Crippen LogP contribution in [0.25, 0.3) is 0 Å². The molecule has 1 saturated heterocycles. The number of anilines is 1. The van der Waals surface area contributed by atoms with Crippen molar-refractivity contribution >= 4 is 23.2 Å². The maximum absolute atomic E-state index is 12.4. The van der Waals surface area contributed by atoms with Crippen molar-refractivity contribution in [3.63, 3.8) is 0 Å². The molecule has 1 fully saturated rings. The van der Waals surface area contributed by atoms with Gasteiger partial charge in [0.2, 0.25) is 0 Å². The van der Waals surface area contributed by atoms with Crippen LogP contribution in [0.5, 0.6) is 5.75 Å². The number of carbonyl (C=O) groups excluding carboxylic acids is 1. The molecule has 0 bridgehead atoms. The van der Waals surface area contributed by atoms with E-state index in [0.717, 1.165) is 23.8 Å². The number of carbonyl (C=O) groups is 1. The number of aryl methyl sites for hydroxylation is 1. The number of nitrogens with zero attached hydrogens (tertiary/aromatic N) is 3. The molecule has 0 saturated carbocycles. The zero-order valence-corrected chi connectivity index (χ0v) is 15.4. The van der Waals surface area contributed by atoms with Crippen molar-refractivity contribution in [2.24, 2.45) is 0 Å². The Morgan fingerprint density at radius 2 is 1.85 bits per heavy atom. The Labute approximate surface area is 158 Å². The lowest BCUT2D eigenvalue weighted by Gasteiger charge is -2.36. The first-order valence-corrected chi connectivity index (χ1v) is 8.86. The number of piperazine rings is 1. The van der Waals surface area contributed by atoms with Crippen molar-refractivity contribution in [2.75, 3.05) is 37.7 Å². The van der Waals surface area contributed by atoms with E-state index >= 15 is 0 Å². The van der Waals surface area contributed by atoms with E-state index in [1.807, 2.05) is 23.1 Å². The quantitative estimate of drug-likeness (QED) is 0.830. The molecule has 0 unspecified atom stereocenters. The number of hydrogen-bond donors (Lipinski definition) is 0. The van der Waals surface area contributed by atoms with Crippen LogP contribution in [0, 0.1) is 18.3 Å². The lowest BCUT2D eigenvalue weighted by atomic mass is 10.1. The second kappa shape index (κ2) is 8.11. The molecule has 134 valence electrons. The molecule has 1 amide bonds. The van der Waals surface area contributed by atoms with Gasteiger partial charge in [-0.3, -0.25) is 4.79 Å². The van der Waals surface area contributed by atoms with Crippen molar-refractivity contribution in [1.29, 1.82) is 5.26 Å². The zero-order chi connectivity index (χ0) is 18.5. The lowest BCUT2D eigenvalue weighted by molar-refractivity contribution is -0.133. The fraction of sp³-hybridized carbons (Fsp3) is 0.300. The first-order chi connectivity index (χ1) is 12.6. The Bertz CT molecular complexity index is 822. The van der Waals surface area contributed by atoms with Crippen LogP contribution in [-0.2, 0) is 4.79 Å². The van der Waals surface area contributed by atoms with Gasteiger partial charge in [0.1, 0.15) is 5.75 Å². The Hall–Kier alpha value is -2.71. The van der Waals surface area contributed by atoms with Gasteiger partial charge < -0.3 is 14.5 Å². The van der Waals surface area contributed by atoms with Gasteiger partial charge in [-0.05, 0) is 48.9 Å². The molecular weight excluding hydrogens is 350 g/mol. The number of halogens is 1. The van der Waals surface area contributed by atoms with Crippen LogP contribution in [0.3, 0.4) is 0 Å². The van der Waals surface area contributed by atoms with Gasteiger partial charge in [0.25, 0.3) is 5.91 Å². The SMILES string of the molecule is Cc1ccc(Cl)cc1N1CCN(C(=O)COc2ccc(C#N)cc2)CC1. The van der Waals surface area contributed by atoms with Gasteiger partial charge in [-0.15, -0.1) is 0 Å². The lowest BCUT2D eigenvalue weighted by Crippen LogP contribution is -2.50. The van der Waals surface area contributed by atoms with Crippen LogP contribution < -0.4 is 9.64 Å². The molecule has 0 atom stereocenters. The molecule has 26 heavy (non-hydrogen) atoms. The number of ether oxygens (including phenoxy) is 1. The molecule has 6 heteroatoms. The third-order valence-corrected chi connectivity index (χ3v) is 4.73. The van der Waals surface area contributed by atoms with Gasteiger partial charge in [0, 0.05) is 36.9 Å². The minimum Gasteiger partial charge on any atom is -0.484 e. The van der Waals surface area contributed by atoms with E-state index in [1.165, 1.54) is 5.56 Å². The average molecular weight is 370 g/mol. The van der Waals surface area contributed by atoms with Crippen molar-refractivity contribution in [2.45, 2.75) is 6.92 Å². The summed E-state index contributed by atoms with van der Waals surface area (Å²) in [5, 5.41) is 9.51. The maximum Gasteiger partial charge on any atom is 0.260 e. The van der Waals surface area contributed by atoms with Gasteiger partial charge in [0.05, 0.1) is 11.6 Å². The summed E-state index contributed by atoms with van der Waals surface area (Å²) in [6.07, 6.45) is 0. The van der Waals surface area contributed by atoms with Crippen LogP contribution in [0.1, 0.15) is 11.1 Å². The monoisotopic (exact) mass is 369 g/mol. The van der Waals surface area contributed by atoms with E-state index in [-0.39, 0.29) is 12.5 Å². The number of hydrogen-bond acceptors (Lipinski definition) is 4. The fourth-order valence-corrected chi connectivity index (χ4v) is 3.15.